The highest BCUT2D eigenvalue weighted by Gasteiger charge is 2.31. The van der Waals surface area contributed by atoms with Crippen molar-refractivity contribution in [3.63, 3.8) is 0 Å². The minimum Gasteiger partial charge on any atom is -0.406 e. The van der Waals surface area contributed by atoms with Crippen LogP contribution in [-0.4, -0.2) is 6.36 Å². The molecular formula is C14H17F3O. The first kappa shape index (κ1) is 13.2. The lowest BCUT2D eigenvalue weighted by Gasteiger charge is -2.10. The monoisotopic (exact) mass is 258 g/mol. The molecule has 18 heavy (non-hydrogen) atoms. The van der Waals surface area contributed by atoms with Crippen LogP contribution in [0.25, 0.3) is 0 Å². The summed E-state index contributed by atoms with van der Waals surface area (Å²) in [5.41, 5.74) is 0.910. The van der Waals surface area contributed by atoms with Gasteiger partial charge in [0, 0.05) is 0 Å². The third-order valence-corrected chi connectivity index (χ3v) is 3.16. The van der Waals surface area contributed by atoms with Gasteiger partial charge < -0.3 is 4.74 Å². The van der Waals surface area contributed by atoms with E-state index in [0.29, 0.717) is 0 Å². The van der Waals surface area contributed by atoms with Gasteiger partial charge in [-0.05, 0) is 36.5 Å². The zero-order valence-corrected chi connectivity index (χ0v) is 10.2. The quantitative estimate of drug-likeness (QED) is 0.671. The molecule has 1 aliphatic rings. The van der Waals surface area contributed by atoms with Crippen LogP contribution in [0.5, 0.6) is 5.75 Å². The lowest BCUT2D eigenvalue weighted by molar-refractivity contribution is -0.274. The Bertz CT molecular complexity index is 383. The molecule has 1 aromatic rings. The highest BCUT2D eigenvalue weighted by Crippen LogP contribution is 2.34. The van der Waals surface area contributed by atoms with Crippen molar-refractivity contribution in [3.8, 4) is 5.75 Å². The van der Waals surface area contributed by atoms with E-state index in [0.717, 1.165) is 30.7 Å². The van der Waals surface area contributed by atoms with Crippen molar-refractivity contribution in [2.45, 2.75) is 44.9 Å². The van der Waals surface area contributed by atoms with Gasteiger partial charge in [-0.2, -0.15) is 0 Å². The molecule has 0 radical (unpaired) electrons. The Hall–Kier alpha value is -1.19. The Morgan fingerprint density at radius 2 is 1.94 bits per heavy atom. The molecule has 1 aromatic carbocycles. The average molecular weight is 258 g/mol. The number of benzene rings is 1. The largest absolute Gasteiger partial charge is 0.573 e. The predicted octanol–water partition coefficient (Wildman–Crippen LogP) is 4.71. The fourth-order valence-electron chi connectivity index (χ4n) is 2.07. The van der Waals surface area contributed by atoms with Crippen LogP contribution in [0.3, 0.4) is 0 Å². The van der Waals surface area contributed by atoms with Crippen molar-refractivity contribution in [3.05, 3.63) is 29.8 Å². The average Bonchev–Trinajstić information content (AvgIpc) is 3.06. The summed E-state index contributed by atoms with van der Waals surface area (Å²) in [5, 5.41) is 0. The van der Waals surface area contributed by atoms with E-state index in [1.165, 1.54) is 31.4 Å². The van der Waals surface area contributed by atoms with Crippen LogP contribution in [0.1, 0.15) is 37.7 Å². The maximum absolute atomic E-state index is 12.1. The van der Waals surface area contributed by atoms with Crippen molar-refractivity contribution in [2.75, 3.05) is 0 Å². The van der Waals surface area contributed by atoms with Gasteiger partial charge in [0.2, 0.25) is 0 Å². The first-order valence-electron chi connectivity index (χ1n) is 6.37. The number of unbranched alkanes of at least 4 members (excludes halogenated alkanes) is 1. The van der Waals surface area contributed by atoms with Gasteiger partial charge in [-0.25, -0.2) is 0 Å². The predicted molar refractivity (Wildman–Crippen MR) is 63.4 cm³/mol. The second kappa shape index (κ2) is 5.63. The van der Waals surface area contributed by atoms with E-state index < -0.39 is 6.36 Å². The molecule has 0 amide bonds. The van der Waals surface area contributed by atoms with Gasteiger partial charge >= 0.3 is 6.36 Å². The highest BCUT2D eigenvalue weighted by molar-refractivity contribution is 5.28. The number of ether oxygens (including phenoxy) is 1. The molecule has 0 saturated heterocycles. The van der Waals surface area contributed by atoms with Crippen LogP contribution in [-0.2, 0) is 6.42 Å². The van der Waals surface area contributed by atoms with Crippen molar-refractivity contribution in [2.24, 2.45) is 5.92 Å². The first-order chi connectivity index (χ1) is 8.53. The number of hydrogen-bond donors (Lipinski definition) is 0. The summed E-state index contributed by atoms with van der Waals surface area (Å²) in [6.07, 6.45) is 2.38. The molecule has 1 aliphatic carbocycles. The molecule has 2 rings (SSSR count). The summed E-state index contributed by atoms with van der Waals surface area (Å²) in [6.45, 7) is 0. The summed E-state index contributed by atoms with van der Waals surface area (Å²) < 4.78 is 40.1. The molecule has 0 heterocycles. The maximum Gasteiger partial charge on any atom is 0.573 e. The molecule has 100 valence electrons. The molecule has 1 nitrogen and oxygen atoms in total. The van der Waals surface area contributed by atoms with Crippen LogP contribution in [0.4, 0.5) is 13.2 Å². The van der Waals surface area contributed by atoms with Crippen molar-refractivity contribution in [1.29, 1.82) is 0 Å². The Morgan fingerprint density at radius 1 is 1.17 bits per heavy atom. The van der Waals surface area contributed by atoms with E-state index in [2.05, 4.69) is 4.74 Å². The van der Waals surface area contributed by atoms with Crippen molar-refractivity contribution in [1.82, 2.24) is 0 Å². The molecule has 0 aromatic heterocycles. The normalized spacial score (nSPS) is 15.7. The number of halogens is 3. The molecule has 0 aliphatic heterocycles. The minimum atomic E-state index is -4.61. The second-order valence-corrected chi connectivity index (χ2v) is 4.88. The van der Waals surface area contributed by atoms with E-state index in [1.54, 1.807) is 6.07 Å². The SMILES string of the molecule is FC(F)(F)Oc1cccc(CCCCC2CC2)c1. The second-order valence-electron chi connectivity index (χ2n) is 4.88. The van der Waals surface area contributed by atoms with E-state index in [-0.39, 0.29) is 5.75 Å². The number of hydrogen-bond acceptors (Lipinski definition) is 1. The van der Waals surface area contributed by atoms with E-state index in [9.17, 15) is 13.2 Å². The third kappa shape index (κ3) is 4.98. The summed E-state index contributed by atoms with van der Waals surface area (Å²) in [5.74, 6) is 0.798. The zero-order valence-electron chi connectivity index (χ0n) is 10.2. The Morgan fingerprint density at radius 3 is 2.61 bits per heavy atom. The van der Waals surface area contributed by atoms with Gasteiger partial charge in [0.05, 0.1) is 0 Å². The van der Waals surface area contributed by atoms with E-state index >= 15 is 0 Å². The van der Waals surface area contributed by atoms with Gasteiger partial charge in [-0.1, -0.05) is 37.8 Å². The maximum atomic E-state index is 12.1. The minimum absolute atomic E-state index is 0.123. The smallest absolute Gasteiger partial charge is 0.406 e. The summed E-state index contributed by atoms with van der Waals surface area (Å²) in [6, 6.07) is 6.27. The van der Waals surface area contributed by atoms with Crippen LogP contribution >= 0.6 is 0 Å². The van der Waals surface area contributed by atoms with Crippen LogP contribution in [0.15, 0.2) is 24.3 Å². The van der Waals surface area contributed by atoms with Gasteiger partial charge in [0.25, 0.3) is 0 Å². The standard InChI is InChI=1S/C14H17F3O/c15-14(16,17)18-13-7-3-6-12(10-13)5-2-1-4-11-8-9-11/h3,6-7,10-11H,1-2,4-5,8-9H2. The molecular weight excluding hydrogens is 241 g/mol. The lowest BCUT2D eigenvalue weighted by Crippen LogP contribution is -2.17. The summed E-state index contributed by atoms with van der Waals surface area (Å²) in [4.78, 5) is 0. The highest BCUT2D eigenvalue weighted by atomic mass is 19.4. The molecule has 0 N–H and O–H groups in total. The van der Waals surface area contributed by atoms with Crippen LogP contribution < -0.4 is 4.74 Å². The molecule has 0 spiro atoms. The lowest BCUT2D eigenvalue weighted by atomic mass is 10.1. The van der Waals surface area contributed by atoms with Gasteiger partial charge in [-0.3, -0.25) is 0 Å². The van der Waals surface area contributed by atoms with Crippen LogP contribution in [0.2, 0.25) is 0 Å². The number of aryl methyl sites for hydroxylation is 1. The Balaban J connectivity index is 1.78. The topological polar surface area (TPSA) is 9.23 Å². The van der Waals surface area contributed by atoms with Gasteiger partial charge in [0.15, 0.2) is 0 Å². The van der Waals surface area contributed by atoms with E-state index in [1.807, 2.05) is 6.07 Å². The zero-order chi connectivity index (χ0) is 13.0. The van der Waals surface area contributed by atoms with Gasteiger partial charge in [-0.15, -0.1) is 13.2 Å². The fraction of sp³-hybridized carbons (Fsp3) is 0.571. The number of alkyl halides is 3. The van der Waals surface area contributed by atoms with Crippen molar-refractivity contribution < 1.29 is 17.9 Å². The number of rotatable bonds is 6. The first-order valence-corrected chi connectivity index (χ1v) is 6.37. The van der Waals surface area contributed by atoms with Crippen molar-refractivity contribution >= 4 is 0 Å². The molecule has 4 heteroatoms. The third-order valence-electron chi connectivity index (χ3n) is 3.16. The molecule has 1 saturated carbocycles. The molecule has 1 fully saturated rings. The Labute approximate surface area is 105 Å². The summed E-state index contributed by atoms with van der Waals surface area (Å²) >= 11 is 0. The Kier molecular flexibility index (Phi) is 4.15. The van der Waals surface area contributed by atoms with Gasteiger partial charge in [0.1, 0.15) is 5.75 Å². The fourth-order valence-corrected chi connectivity index (χ4v) is 2.07. The molecule has 0 unspecified atom stereocenters. The van der Waals surface area contributed by atoms with E-state index in [4.69, 9.17) is 0 Å². The van der Waals surface area contributed by atoms with Crippen LogP contribution in [0, 0.1) is 5.92 Å². The summed E-state index contributed by atoms with van der Waals surface area (Å²) in [7, 11) is 0. The molecule has 0 bridgehead atoms. The molecule has 0 atom stereocenters.